The molecule has 1 rings (SSSR count). The van der Waals surface area contributed by atoms with Crippen molar-refractivity contribution < 1.29 is 9.84 Å². The molecule has 3 heteroatoms. The van der Waals surface area contributed by atoms with Crippen LogP contribution in [-0.4, -0.2) is 37.0 Å². The van der Waals surface area contributed by atoms with Gasteiger partial charge in [0.15, 0.2) is 0 Å². The highest BCUT2D eigenvalue weighted by Gasteiger charge is 2.31. The van der Waals surface area contributed by atoms with Crippen LogP contribution in [0, 0.1) is 0 Å². The van der Waals surface area contributed by atoms with Gasteiger partial charge < -0.3 is 15.2 Å². The summed E-state index contributed by atoms with van der Waals surface area (Å²) in [5.41, 5.74) is -0.484. The Balaban J connectivity index is 2.39. The van der Waals surface area contributed by atoms with Crippen molar-refractivity contribution in [1.82, 2.24) is 5.32 Å². The molecule has 0 aromatic carbocycles. The smallest absolute Gasteiger partial charge is 0.0696 e. The van der Waals surface area contributed by atoms with Gasteiger partial charge in [-0.15, -0.1) is 0 Å². The zero-order valence-corrected chi connectivity index (χ0v) is 8.68. The normalized spacial score (nSPS) is 24.2. The summed E-state index contributed by atoms with van der Waals surface area (Å²) in [6.07, 6.45) is 3.68. The first-order chi connectivity index (χ1) is 6.20. The summed E-state index contributed by atoms with van der Waals surface area (Å²) >= 11 is 0. The molecule has 0 aromatic rings. The highest BCUT2D eigenvalue weighted by molar-refractivity contribution is 4.86. The molecule has 0 amide bonds. The molecular formula is C10H21NO2. The van der Waals surface area contributed by atoms with E-state index in [2.05, 4.69) is 12.2 Å². The first-order valence-corrected chi connectivity index (χ1v) is 5.16. The second-order valence-electron chi connectivity index (χ2n) is 3.94. The molecule has 1 aliphatic rings. The van der Waals surface area contributed by atoms with Crippen LogP contribution in [0.5, 0.6) is 0 Å². The molecule has 1 saturated heterocycles. The molecule has 1 unspecified atom stereocenters. The Hall–Kier alpha value is -0.120. The molecule has 0 bridgehead atoms. The van der Waals surface area contributed by atoms with Gasteiger partial charge >= 0.3 is 0 Å². The van der Waals surface area contributed by atoms with Crippen LogP contribution in [0.25, 0.3) is 0 Å². The molecule has 1 aliphatic heterocycles. The number of aliphatic hydroxyl groups is 1. The topological polar surface area (TPSA) is 41.5 Å². The van der Waals surface area contributed by atoms with E-state index in [-0.39, 0.29) is 6.10 Å². The van der Waals surface area contributed by atoms with Crippen molar-refractivity contribution in [2.24, 2.45) is 0 Å². The second kappa shape index (κ2) is 4.94. The summed E-state index contributed by atoms with van der Waals surface area (Å²) in [5, 5.41) is 13.4. The maximum Gasteiger partial charge on any atom is 0.0696 e. The molecule has 0 aliphatic carbocycles. The molecule has 13 heavy (non-hydrogen) atoms. The van der Waals surface area contributed by atoms with E-state index in [4.69, 9.17) is 4.74 Å². The molecule has 0 spiro atoms. The van der Waals surface area contributed by atoms with Crippen molar-refractivity contribution >= 4 is 0 Å². The Kier molecular flexibility index (Phi) is 4.16. The number of hydrogen-bond donors (Lipinski definition) is 2. The number of nitrogens with one attached hydrogen (secondary N) is 1. The Labute approximate surface area is 80.5 Å². The minimum Gasteiger partial charge on any atom is -0.390 e. The number of piperidine rings is 1. The van der Waals surface area contributed by atoms with E-state index >= 15 is 0 Å². The maximum absolute atomic E-state index is 10.2. The fourth-order valence-corrected chi connectivity index (χ4v) is 1.91. The highest BCUT2D eigenvalue weighted by Crippen LogP contribution is 2.25. The molecule has 1 fully saturated rings. The Morgan fingerprint density at radius 2 is 2.08 bits per heavy atom. The van der Waals surface area contributed by atoms with Gasteiger partial charge in [0.05, 0.1) is 11.7 Å². The lowest BCUT2D eigenvalue weighted by Gasteiger charge is -2.34. The van der Waals surface area contributed by atoms with E-state index in [1.54, 1.807) is 7.11 Å². The number of rotatable bonds is 4. The van der Waals surface area contributed by atoms with Crippen LogP contribution in [0.3, 0.4) is 0 Å². The van der Waals surface area contributed by atoms with E-state index < -0.39 is 5.60 Å². The standard InChI is InChI=1S/C10H21NO2/c1-3-9(13-2)8-10(12)4-6-11-7-5-10/h9,11-12H,3-8H2,1-2H3. The quantitative estimate of drug-likeness (QED) is 0.687. The lowest BCUT2D eigenvalue weighted by Crippen LogP contribution is -2.44. The van der Waals surface area contributed by atoms with Gasteiger partial charge in [-0.1, -0.05) is 6.92 Å². The number of methoxy groups -OCH3 is 1. The van der Waals surface area contributed by atoms with Crippen LogP contribution >= 0.6 is 0 Å². The maximum atomic E-state index is 10.2. The first kappa shape index (κ1) is 11.0. The van der Waals surface area contributed by atoms with E-state index in [9.17, 15) is 5.11 Å². The van der Waals surface area contributed by atoms with E-state index in [0.29, 0.717) is 0 Å². The van der Waals surface area contributed by atoms with E-state index in [1.165, 1.54) is 0 Å². The molecule has 3 nitrogen and oxygen atoms in total. The molecule has 0 radical (unpaired) electrons. The SMILES string of the molecule is CCC(CC1(O)CCNCC1)OC. The molecule has 0 aromatic heterocycles. The third-order valence-electron chi connectivity index (χ3n) is 2.93. The fraction of sp³-hybridized carbons (Fsp3) is 1.00. The average molecular weight is 187 g/mol. The van der Waals surface area contributed by atoms with E-state index in [0.717, 1.165) is 38.8 Å². The number of hydrogen-bond acceptors (Lipinski definition) is 3. The van der Waals surface area contributed by atoms with Gasteiger partial charge in [0.2, 0.25) is 0 Å². The van der Waals surface area contributed by atoms with Crippen LogP contribution in [-0.2, 0) is 4.74 Å². The molecular weight excluding hydrogens is 166 g/mol. The van der Waals surface area contributed by atoms with Gasteiger partial charge in [-0.3, -0.25) is 0 Å². The summed E-state index contributed by atoms with van der Waals surface area (Å²) < 4.78 is 5.29. The Morgan fingerprint density at radius 3 is 2.54 bits per heavy atom. The van der Waals surface area contributed by atoms with Crippen LogP contribution in [0.1, 0.15) is 32.6 Å². The van der Waals surface area contributed by atoms with Gasteiger partial charge in [0, 0.05) is 13.5 Å². The summed E-state index contributed by atoms with van der Waals surface area (Å²) in [6.45, 7) is 3.95. The summed E-state index contributed by atoms with van der Waals surface area (Å²) in [6, 6.07) is 0. The highest BCUT2D eigenvalue weighted by atomic mass is 16.5. The molecule has 0 saturated carbocycles. The van der Waals surface area contributed by atoms with Crippen molar-refractivity contribution in [3.8, 4) is 0 Å². The molecule has 1 heterocycles. The van der Waals surface area contributed by atoms with Crippen LogP contribution in [0.15, 0.2) is 0 Å². The van der Waals surface area contributed by atoms with Crippen molar-refractivity contribution in [2.75, 3.05) is 20.2 Å². The number of ether oxygens (including phenoxy) is 1. The van der Waals surface area contributed by atoms with Crippen LogP contribution in [0.4, 0.5) is 0 Å². The average Bonchev–Trinajstić information content (AvgIpc) is 2.15. The van der Waals surface area contributed by atoms with Crippen LogP contribution in [0.2, 0.25) is 0 Å². The largest absolute Gasteiger partial charge is 0.390 e. The second-order valence-corrected chi connectivity index (χ2v) is 3.94. The monoisotopic (exact) mass is 187 g/mol. The Morgan fingerprint density at radius 1 is 1.46 bits per heavy atom. The minimum atomic E-state index is -0.484. The first-order valence-electron chi connectivity index (χ1n) is 5.16. The third-order valence-corrected chi connectivity index (χ3v) is 2.93. The van der Waals surface area contributed by atoms with Gasteiger partial charge in [-0.2, -0.15) is 0 Å². The van der Waals surface area contributed by atoms with Crippen molar-refractivity contribution in [3.05, 3.63) is 0 Å². The zero-order chi connectivity index (χ0) is 9.73. The summed E-state index contributed by atoms with van der Waals surface area (Å²) in [5.74, 6) is 0. The molecule has 78 valence electrons. The lowest BCUT2D eigenvalue weighted by molar-refractivity contribution is -0.0443. The van der Waals surface area contributed by atoms with Gasteiger partial charge in [-0.05, 0) is 32.4 Å². The summed E-state index contributed by atoms with van der Waals surface area (Å²) in [7, 11) is 1.72. The Bertz CT molecular complexity index is 140. The van der Waals surface area contributed by atoms with Crippen LogP contribution < -0.4 is 5.32 Å². The third kappa shape index (κ3) is 3.25. The van der Waals surface area contributed by atoms with Gasteiger partial charge in [0.1, 0.15) is 0 Å². The lowest BCUT2D eigenvalue weighted by atomic mass is 9.86. The summed E-state index contributed by atoms with van der Waals surface area (Å²) in [4.78, 5) is 0. The van der Waals surface area contributed by atoms with E-state index in [1.807, 2.05) is 0 Å². The fourth-order valence-electron chi connectivity index (χ4n) is 1.91. The predicted octanol–water partition coefficient (Wildman–Crippen LogP) is 0.916. The van der Waals surface area contributed by atoms with Crippen molar-refractivity contribution in [3.63, 3.8) is 0 Å². The van der Waals surface area contributed by atoms with Gasteiger partial charge in [-0.25, -0.2) is 0 Å². The predicted molar refractivity (Wildman–Crippen MR) is 52.8 cm³/mol. The van der Waals surface area contributed by atoms with Gasteiger partial charge in [0.25, 0.3) is 0 Å². The van der Waals surface area contributed by atoms with Crippen molar-refractivity contribution in [2.45, 2.75) is 44.3 Å². The minimum absolute atomic E-state index is 0.211. The molecule has 1 atom stereocenters. The zero-order valence-electron chi connectivity index (χ0n) is 8.68. The molecule has 2 N–H and O–H groups in total. The van der Waals surface area contributed by atoms with Crippen molar-refractivity contribution in [1.29, 1.82) is 0 Å².